The molecule has 24 heavy (non-hydrogen) atoms. The van der Waals surface area contributed by atoms with Gasteiger partial charge >= 0.3 is 5.76 Å². The van der Waals surface area contributed by atoms with Gasteiger partial charge in [0.25, 0.3) is 0 Å². The maximum absolute atomic E-state index is 12.7. The molecule has 5 heteroatoms. The molecule has 0 aliphatic heterocycles. The van der Waals surface area contributed by atoms with E-state index in [9.17, 15) is 9.59 Å². The summed E-state index contributed by atoms with van der Waals surface area (Å²) in [6, 6.07) is 13.4. The predicted octanol–water partition coefficient (Wildman–Crippen LogP) is 3.19. The van der Waals surface area contributed by atoms with Gasteiger partial charge in [-0.3, -0.25) is 9.36 Å². The van der Waals surface area contributed by atoms with Crippen molar-refractivity contribution in [2.45, 2.75) is 25.2 Å². The van der Waals surface area contributed by atoms with Crippen LogP contribution in [0, 0.1) is 0 Å². The highest BCUT2D eigenvalue weighted by Gasteiger charge is 2.26. The third-order valence-corrected chi connectivity index (χ3v) is 4.75. The summed E-state index contributed by atoms with van der Waals surface area (Å²) >= 11 is 0. The highest BCUT2D eigenvalue weighted by atomic mass is 16.4. The van der Waals surface area contributed by atoms with Crippen LogP contribution in [0.25, 0.3) is 11.1 Å². The minimum absolute atomic E-state index is 0.0141. The van der Waals surface area contributed by atoms with E-state index in [4.69, 9.17) is 4.42 Å². The fourth-order valence-electron chi connectivity index (χ4n) is 3.47. The van der Waals surface area contributed by atoms with E-state index in [0.29, 0.717) is 16.8 Å². The molecule has 1 atom stereocenters. The van der Waals surface area contributed by atoms with Crippen LogP contribution in [0.15, 0.2) is 51.7 Å². The van der Waals surface area contributed by atoms with Crippen LogP contribution in [-0.4, -0.2) is 10.5 Å². The summed E-state index contributed by atoms with van der Waals surface area (Å²) in [4.78, 5) is 24.3. The van der Waals surface area contributed by atoms with Crippen molar-refractivity contribution in [2.75, 3.05) is 5.32 Å². The molecule has 0 bridgehead atoms. The van der Waals surface area contributed by atoms with E-state index in [1.165, 1.54) is 10.1 Å². The Kier molecular flexibility index (Phi) is 3.49. The maximum Gasteiger partial charge on any atom is 0.419 e. The average molecular weight is 322 g/mol. The molecule has 0 radical (unpaired) electrons. The number of anilines is 1. The van der Waals surface area contributed by atoms with Crippen molar-refractivity contribution < 1.29 is 9.21 Å². The average Bonchev–Trinajstić information content (AvgIpc) is 2.88. The van der Waals surface area contributed by atoms with Crippen molar-refractivity contribution in [3.05, 3.63) is 64.1 Å². The normalized spacial score (nSPS) is 16.8. The molecule has 1 aliphatic carbocycles. The minimum atomic E-state index is -0.408. The van der Waals surface area contributed by atoms with Gasteiger partial charge in [0, 0.05) is 18.8 Å². The number of nitrogens with zero attached hydrogens (tertiary/aromatic N) is 1. The highest BCUT2D eigenvalue weighted by molar-refractivity contribution is 5.97. The molecule has 0 fully saturated rings. The van der Waals surface area contributed by atoms with Crippen molar-refractivity contribution in [3.8, 4) is 0 Å². The summed E-state index contributed by atoms with van der Waals surface area (Å²) < 4.78 is 6.62. The number of amides is 1. The smallest absolute Gasteiger partial charge is 0.408 e. The van der Waals surface area contributed by atoms with Gasteiger partial charge in [-0.25, -0.2) is 4.79 Å². The molecule has 1 N–H and O–H groups in total. The first-order chi connectivity index (χ1) is 11.6. The predicted molar refractivity (Wildman–Crippen MR) is 92.2 cm³/mol. The molecule has 1 amide bonds. The Morgan fingerprint density at radius 2 is 2.08 bits per heavy atom. The number of fused-ring (bicyclic) bond motifs is 2. The SMILES string of the molecule is Cn1c(=O)oc2cc(NC(=O)[C@H]3CCCc4ccccc43)ccc21. The molecule has 5 nitrogen and oxygen atoms in total. The third kappa shape index (κ3) is 2.42. The summed E-state index contributed by atoms with van der Waals surface area (Å²) in [5.74, 6) is -0.553. The number of aryl methyl sites for hydroxylation is 2. The summed E-state index contributed by atoms with van der Waals surface area (Å²) in [5, 5.41) is 2.96. The lowest BCUT2D eigenvalue weighted by atomic mass is 9.82. The molecule has 1 aromatic heterocycles. The van der Waals surface area contributed by atoms with E-state index in [0.717, 1.165) is 24.8 Å². The lowest BCUT2D eigenvalue weighted by Crippen LogP contribution is -2.24. The first-order valence-electron chi connectivity index (χ1n) is 8.12. The topological polar surface area (TPSA) is 64.2 Å². The van der Waals surface area contributed by atoms with Crippen molar-refractivity contribution >= 4 is 22.7 Å². The number of carbonyl (C=O) groups excluding carboxylic acids is 1. The summed E-state index contributed by atoms with van der Waals surface area (Å²) in [5.41, 5.74) is 4.21. The second kappa shape index (κ2) is 5.67. The number of rotatable bonds is 2. The summed E-state index contributed by atoms with van der Waals surface area (Å²) in [7, 11) is 1.66. The standard InChI is InChI=1S/C19H18N2O3/c1-21-16-10-9-13(11-17(16)24-19(21)23)20-18(22)15-8-4-6-12-5-2-3-7-14(12)15/h2-3,5,7,9-11,15H,4,6,8H2,1H3,(H,20,22)/t15-/m0/s1. The lowest BCUT2D eigenvalue weighted by Gasteiger charge is -2.24. The monoisotopic (exact) mass is 322 g/mol. The molecule has 1 aliphatic rings. The fourth-order valence-corrected chi connectivity index (χ4v) is 3.47. The number of aromatic nitrogens is 1. The number of benzene rings is 2. The van der Waals surface area contributed by atoms with Crippen molar-refractivity contribution in [2.24, 2.45) is 7.05 Å². The van der Waals surface area contributed by atoms with Crippen LogP contribution in [0.1, 0.15) is 29.9 Å². The lowest BCUT2D eigenvalue weighted by molar-refractivity contribution is -0.117. The van der Waals surface area contributed by atoms with Gasteiger partial charge in [-0.1, -0.05) is 24.3 Å². The van der Waals surface area contributed by atoms with Gasteiger partial charge in [0.1, 0.15) is 0 Å². The zero-order valence-electron chi connectivity index (χ0n) is 13.4. The number of hydrogen-bond acceptors (Lipinski definition) is 3. The third-order valence-electron chi connectivity index (χ3n) is 4.75. The Labute approximate surface area is 138 Å². The second-order valence-corrected chi connectivity index (χ2v) is 6.24. The van der Waals surface area contributed by atoms with Crippen LogP contribution in [0.2, 0.25) is 0 Å². The molecule has 1 heterocycles. The molecule has 3 aromatic rings. The van der Waals surface area contributed by atoms with Crippen LogP contribution in [-0.2, 0) is 18.3 Å². The van der Waals surface area contributed by atoms with E-state index in [2.05, 4.69) is 11.4 Å². The molecule has 0 saturated heterocycles. The van der Waals surface area contributed by atoms with E-state index in [1.807, 2.05) is 18.2 Å². The Balaban J connectivity index is 1.62. The first kappa shape index (κ1) is 14.8. The van der Waals surface area contributed by atoms with Gasteiger partial charge in [-0.05, 0) is 42.5 Å². The fraction of sp³-hybridized carbons (Fsp3) is 0.263. The molecule has 4 rings (SSSR count). The van der Waals surface area contributed by atoms with Gasteiger partial charge < -0.3 is 9.73 Å². The Bertz CT molecular complexity index is 984. The number of hydrogen-bond donors (Lipinski definition) is 1. The van der Waals surface area contributed by atoms with Gasteiger partial charge in [0.15, 0.2) is 5.58 Å². The molecule has 2 aromatic carbocycles. The van der Waals surface area contributed by atoms with Crippen molar-refractivity contribution in [3.63, 3.8) is 0 Å². The Morgan fingerprint density at radius 3 is 2.96 bits per heavy atom. The van der Waals surface area contributed by atoms with E-state index in [1.54, 1.807) is 25.2 Å². The van der Waals surface area contributed by atoms with Crippen LogP contribution >= 0.6 is 0 Å². The van der Waals surface area contributed by atoms with Gasteiger partial charge in [-0.15, -0.1) is 0 Å². The minimum Gasteiger partial charge on any atom is -0.408 e. The molecule has 0 spiro atoms. The summed E-state index contributed by atoms with van der Waals surface area (Å²) in [6.07, 6.45) is 2.90. The molecule has 0 saturated carbocycles. The van der Waals surface area contributed by atoms with Gasteiger partial charge in [0.05, 0.1) is 11.4 Å². The molecular weight excluding hydrogens is 304 g/mol. The van der Waals surface area contributed by atoms with Crippen LogP contribution in [0.5, 0.6) is 0 Å². The number of nitrogens with one attached hydrogen (secondary N) is 1. The zero-order chi connectivity index (χ0) is 16.7. The summed E-state index contributed by atoms with van der Waals surface area (Å²) in [6.45, 7) is 0. The van der Waals surface area contributed by atoms with Crippen LogP contribution < -0.4 is 11.1 Å². The largest absolute Gasteiger partial charge is 0.419 e. The first-order valence-corrected chi connectivity index (χ1v) is 8.12. The second-order valence-electron chi connectivity index (χ2n) is 6.24. The zero-order valence-corrected chi connectivity index (χ0v) is 13.4. The van der Waals surface area contributed by atoms with Gasteiger partial charge in [-0.2, -0.15) is 0 Å². The maximum atomic E-state index is 12.7. The molecule has 122 valence electrons. The van der Waals surface area contributed by atoms with Crippen LogP contribution in [0.4, 0.5) is 5.69 Å². The Morgan fingerprint density at radius 1 is 1.25 bits per heavy atom. The number of carbonyl (C=O) groups is 1. The quantitative estimate of drug-likeness (QED) is 0.788. The number of oxazole rings is 1. The van der Waals surface area contributed by atoms with Gasteiger partial charge in [0.2, 0.25) is 5.91 Å². The van der Waals surface area contributed by atoms with E-state index in [-0.39, 0.29) is 11.8 Å². The van der Waals surface area contributed by atoms with E-state index < -0.39 is 5.76 Å². The molecular formula is C19H18N2O3. The molecule has 0 unspecified atom stereocenters. The Hall–Kier alpha value is -2.82. The van der Waals surface area contributed by atoms with Crippen molar-refractivity contribution in [1.82, 2.24) is 4.57 Å². The highest BCUT2D eigenvalue weighted by Crippen LogP contribution is 2.32. The van der Waals surface area contributed by atoms with Crippen molar-refractivity contribution in [1.29, 1.82) is 0 Å². The van der Waals surface area contributed by atoms with Crippen LogP contribution in [0.3, 0.4) is 0 Å². The van der Waals surface area contributed by atoms with E-state index >= 15 is 0 Å².